The predicted octanol–water partition coefficient (Wildman–Crippen LogP) is 10.7. The van der Waals surface area contributed by atoms with E-state index in [0.29, 0.717) is 6.61 Å². The zero-order chi connectivity index (χ0) is 26.2. The molecule has 0 radical (unpaired) electrons. The first kappa shape index (κ1) is 35.9. The number of unbranched alkanes of at least 4 members (excludes halogenated alkanes) is 29. The summed E-state index contributed by atoms with van der Waals surface area (Å²) in [4.78, 5) is 0. The van der Waals surface area contributed by atoms with Crippen LogP contribution in [0.3, 0.4) is 0 Å². The average molecular weight is 511 g/mol. The third kappa shape index (κ3) is 33.9. The second-order valence-electron chi connectivity index (χ2n) is 11.5. The molecule has 0 aromatic rings. The van der Waals surface area contributed by atoms with Gasteiger partial charge in [-0.2, -0.15) is 0 Å². The smallest absolute Gasteiger partial charge is 0.402 e. The van der Waals surface area contributed by atoms with Crippen molar-refractivity contribution in [2.24, 2.45) is 0 Å². The minimum Gasteiger partial charge on any atom is -0.402 e. The average Bonchev–Trinajstić information content (AvgIpc) is 2.87. The molecule has 0 atom stereocenters. The normalized spacial score (nSPS) is 11.4. The van der Waals surface area contributed by atoms with Gasteiger partial charge in [0.05, 0.1) is 0 Å². The van der Waals surface area contributed by atoms with Crippen LogP contribution in [0, 0.1) is 0 Å². The van der Waals surface area contributed by atoms with Crippen molar-refractivity contribution >= 4 is 7.32 Å². The highest BCUT2D eigenvalue weighted by Gasteiger charge is 2.06. The van der Waals surface area contributed by atoms with Crippen LogP contribution >= 0.6 is 0 Å². The Kier molecular flexibility index (Phi) is 32.9. The van der Waals surface area contributed by atoms with E-state index in [-0.39, 0.29) is 0 Å². The molecule has 0 fully saturated rings. The summed E-state index contributed by atoms with van der Waals surface area (Å²) in [6.45, 7) is 2.76. The molecule has 3 nitrogen and oxygen atoms in total. The lowest BCUT2D eigenvalue weighted by atomic mass is 10.0. The third-order valence-electron chi connectivity index (χ3n) is 7.76. The van der Waals surface area contributed by atoms with Gasteiger partial charge in [-0.1, -0.05) is 193 Å². The maximum Gasteiger partial charge on any atom is 0.633 e. The van der Waals surface area contributed by atoms with Crippen LogP contribution < -0.4 is 0 Å². The van der Waals surface area contributed by atoms with E-state index in [1.54, 1.807) is 0 Å². The van der Waals surface area contributed by atoms with Gasteiger partial charge in [0.2, 0.25) is 0 Å². The molecule has 0 saturated carbocycles. The SMILES string of the molecule is CCCCCCCCCCCCCCCCCCCCCCCCCCCCCCCCOB(O)O. The third-order valence-corrected chi connectivity index (χ3v) is 7.76. The van der Waals surface area contributed by atoms with E-state index in [1.165, 1.54) is 180 Å². The summed E-state index contributed by atoms with van der Waals surface area (Å²) >= 11 is 0. The molecule has 0 aromatic carbocycles. The Morgan fingerprint density at radius 2 is 0.528 bits per heavy atom. The molecule has 4 heteroatoms. The molecule has 0 amide bonds. The fourth-order valence-electron chi connectivity index (χ4n) is 5.31. The Balaban J connectivity index is 3.01. The summed E-state index contributed by atoms with van der Waals surface area (Å²) in [5, 5.41) is 17.2. The molecule has 0 bridgehead atoms. The molecule has 0 aliphatic carbocycles. The number of rotatable bonds is 32. The van der Waals surface area contributed by atoms with Crippen LogP contribution in [0.5, 0.6) is 0 Å². The van der Waals surface area contributed by atoms with Crippen molar-refractivity contribution in [2.45, 2.75) is 200 Å². The van der Waals surface area contributed by atoms with Gasteiger partial charge in [0.15, 0.2) is 0 Å². The zero-order valence-electron chi connectivity index (χ0n) is 24.8. The maximum absolute atomic E-state index is 8.59. The van der Waals surface area contributed by atoms with E-state index in [2.05, 4.69) is 6.92 Å². The monoisotopic (exact) mass is 511 g/mol. The van der Waals surface area contributed by atoms with Crippen LogP contribution in [0.25, 0.3) is 0 Å². The maximum atomic E-state index is 8.59. The second-order valence-corrected chi connectivity index (χ2v) is 11.5. The highest BCUT2D eigenvalue weighted by atomic mass is 16.6. The van der Waals surface area contributed by atoms with Gasteiger partial charge in [-0.3, -0.25) is 0 Å². The van der Waals surface area contributed by atoms with Gasteiger partial charge in [-0.15, -0.1) is 0 Å². The fourth-order valence-corrected chi connectivity index (χ4v) is 5.31. The summed E-state index contributed by atoms with van der Waals surface area (Å²) in [6.07, 6.45) is 42.3. The van der Waals surface area contributed by atoms with E-state index >= 15 is 0 Å². The zero-order valence-corrected chi connectivity index (χ0v) is 24.8. The van der Waals surface area contributed by atoms with Crippen molar-refractivity contribution in [3.63, 3.8) is 0 Å². The molecular formula is C32H67BO3. The second kappa shape index (κ2) is 33.0. The quantitative estimate of drug-likeness (QED) is 0.0699. The first-order valence-corrected chi connectivity index (χ1v) is 16.7. The lowest BCUT2D eigenvalue weighted by Gasteiger charge is -2.05. The first-order chi connectivity index (χ1) is 17.8. The lowest BCUT2D eigenvalue weighted by Crippen LogP contribution is -2.17. The molecule has 0 spiro atoms. The van der Waals surface area contributed by atoms with Crippen LogP contribution in [-0.4, -0.2) is 24.0 Å². The first-order valence-electron chi connectivity index (χ1n) is 16.7. The van der Waals surface area contributed by atoms with Crippen molar-refractivity contribution in [1.29, 1.82) is 0 Å². The molecule has 0 aliphatic rings. The van der Waals surface area contributed by atoms with Gasteiger partial charge < -0.3 is 14.7 Å². The van der Waals surface area contributed by atoms with Gasteiger partial charge in [0, 0.05) is 6.61 Å². The molecule has 0 aliphatic heterocycles. The van der Waals surface area contributed by atoms with Gasteiger partial charge in [-0.25, -0.2) is 0 Å². The van der Waals surface area contributed by atoms with Crippen molar-refractivity contribution in [2.75, 3.05) is 6.61 Å². The van der Waals surface area contributed by atoms with Crippen LogP contribution in [0.4, 0.5) is 0 Å². The molecule has 0 saturated heterocycles. The highest BCUT2D eigenvalue weighted by Crippen LogP contribution is 2.16. The van der Waals surface area contributed by atoms with Gasteiger partial charge in [0.25, 0.3) is 0 Å². The van der Waals surface area contributed by atoms with Crippen molar-refractivity contribution < 1.29 is 14.7 Å². The van der Waals surface area contributed by atoms with Crippen molar-refractivity contribution in [1.82, 2.24) is 0 Å². The van der Waals surface area contributed by atoms with Crippen LogP contribution in [0.1, 0.15) is 200 Å². The fraction of sp³-hybridized carbons (Fsp3) is 1.00. The summed E-state index contributed by atoms with van der Waals surface area (Å²) in [6, 6.07) is 0. The summed E-state index contributed by atoms with van der Waals surface area (Å²) < 4.78 is 4.72. The van der Waals surface area contributed by atoms with E-state index in [0.717, 1.165) is 12.8 Å². The Bertz CT molecular complexity index is 378. The Labute approximate surface area is 228 Å². The van der Waals surface area contributed by atoms with Crippen LogP contribution in [0.15, 0.2) is 0 Å². The Morgan fingerprint density at radius 3 is 0.722 bits per heavy atom. The predicted molar refractivity (Wildman–Crippen MR) is 160 cm³/mol. The standard InChI is InChI=1S/C32H67BO3/c1-2-3-4-5-6-7-8-9-10-11-12-13-14-15-16-17-18-19-20-21-22-23-24-25-26-27-28-29-30-31-32-36-33(34)35/h34-35H,2-32H2,1H3. The summed E-state index contributed by atoms with van der Waals surface area (Å²) in [7, 11) is -1.60. The van der Waals surface area contributed by atoms with Crippen LogP contribution in [0.2, 0.25) is 0 Å². The minimum absolute atomic E-state index is 0.456. The van der Waals surface area contributed by atoms with Gasteiger partial charge in [-0.05, 0) is 6.42 Å². The van der Waals surface area contributed by atoms with Crippen molar-refractivity contribution in [3.05, 3.63) is 0 Å². The van der Waals surface area contributed by atoms with Crippen molar-refractivity contribution in [3.8, 4) is 0 Å². The molecule has 0 rings (SSSR count). The largest absolute Gasteiger partial charge is 0.633 e. The Hall–Kier alpha value is -0.0551. The molecule has 216 valence electrons. The van der Waals surface area contributed by atoms with E-state index in [1.807, 2.05) is 0 Å². The van der Waals surface area contributed by atoms with E-state index in [9.17, 15) is 0 Å². The highest BCUT2D eigenvalue weighted by molar-refractivity contribution is 6.32. The Morgan fingerprint density at radius 1 is 0.333 bits per heavy atom. The summed E-state index contributed by atoms with van der Waals surface area (Å²) in [5.74, 6) is 0. The number of hydrogen-bond donors (Lipinski definition) is 2. The molecular weight excluding hydrogens is 443 g/mol. The van der Waals surface area contributed by atoms with Gasteiger partial charge >= 0.3 is 7.32 Å². The van der Waals surface area contributed by atoms with Crippen LogP contribution in [-0.2, 0) is 4.65 Å². The number of hydrogen-bond acceptors (Lipinski definition) is 3. The van der Waals surface area contributed by atoms with Gasteiger partial charge in [0.1, 0.15) is 0 Å². The molecule has 0 heterocycles. The minimum atomic E-state index is -1.60. The topological polar surface area (TPSA) is 49.7 Å². The van der Waals surface area contributed by atoms with E-state index < -0.39 is 7.32 Å². The van der Waals surface area contributed by atoms with E-state index in [4.69, 9.17) is 14.7 Å². The molecule has 2 N–H and O–H groups in total. The summed E-state index contributed by atoms with van der Waals surface area (Å²) in [5.41, 5.74) is 0. The lowest BCUT2D eigenvalue weighted by molar-refractivity contribution is 0.182. The molecule has 0 unspecified atom stereocenters. The molecule has 0 aromatic heterocycles. The molecule has 36 heavy (non-hydrogen) atoms.